The summed E-state index contributed by atoms with van der Waals surface area (Å²) in [6, 6.07) is 7.77. The third kappa shape index (κ3) is 3.83. The molecule has 3 amide bonds. The van der Waals surface area contributed by atoms with Crippen LogP contribution >= 0.6 is 11.3 Å². The van der Waals surface area contributed by atoms with E-state index in [1.165, 1.54) is 21.2 Å². The minimum Gasteiger partial charge on any atom is -0.368 e. The van der Waals surface area contributed by atoms with Crippen LogP contribution in [0.1, 0.15) is 19.3 Å². The van der Waals surface area contributed by atoms with E-state index in [1.807, 2.05) is 18.2 Å². The van der Waals surface area contributed by atoms with Crippen molar-refractivity contribution in [1.82, 2.24) is 9.88 Å². The number of likely N-dealkylation sites (tertiary alicyclic amines) is 1. The van der Waals surface area contributed by atoms with Crippen LogP contribution in [0.2, 0.25) is 0 Å². The van der Waals surface area contributed by atoms with Gasteiger partial charge in [-0.05, 0) is 25.0 Å². The molecule has 10 heteroatoms. The van der Waals surface area contributed by atoms with Gasteiger partial charge >= 0.3 is 0 Å². The Balaban J connectivity index is 1.53. The van der Waals surface area contributed by atoms with Crippen LogP contribution in [0.4, 0.5) is 10.8 Å². The molecule has 1 aromatic heterocycles. The second kappa shape index (κ2) is 8.00. The predicted molar refractivity (Wildman–Crippen MR) is 109 cm³/mol. The van der Waals surface area contributed by atoms with Gasteiger partial charge in [-0.3, -0.25) is 19.4 Å². The fourth-order valence-electron chi connectivity index (χ4n) is 3.60. The summed E-state index contributed by atoms with van der Waals surface area (Å²) in [5, 5.41) is 10.9. The smallest absolute Gasteiger partial charge is 0.270 e. The van der Waals surface area contributed by atoms with E-state index in [9.17, 15) is 14.4 Å². The molecule has 3 heterocycles. The predicted octanol–water partition coefficient (Wildman–Crippen LogP) is 1.19. The van der Waals surface area contributed by atoms with E-state index in [1.54, 1.807) is 23.7 Å². The second-order valence-corrected chi connectivity index (χ2v) is 7.73. The summed E-state index contributed by atoms with van der Waals surface area (Å²) in [7, 11) is 0. The highest BCUT2D eigenvalue weighted by Gasteiger charge is 2.41. The second-order valence-electron chi connectivity index (χ2n) is 6.83. The van der Waals surface area contributed by atoms with Crippen molar-refractivity contribution in [2.75, 3.05) is 16.9 Å². The van der Waals surface area contributed by atoms with Crippen LogP contribution in [0.25, 0.3) is 0 Å². The summed E-state index contributed by atoms with van der Waals surface area (Å²) in [5.41, 5.74) is 6.45. The lowest BCUT2D eigenvalue weighted by Crippen LogP contribution is -2.46. The SMILES string of the molecule is NC(=O)C1CC(C(=O)N2CCCC2C(=O)Nc2nccs2)=NN1c1ccccc1. The van der Waals surface area contributed by atoms with Crippen LogP contribution in [-0.4, -0.2) is 51.9 Å². The van der Waals surface area contributed by atoms with Gasteiger partial charge < -0.3 is 16.0 Å². The molecule has 0 radical (unpaired) electrons. The van der Waals surface area contributed by atoms with Gasteiger partial charge in [0, 0.05) is 24.5 Å². The summed E-state index contributed by atoms with van der Waals surface area (Å²) in [4.78, 5) is 43.3. The highest BCUT2D eigenvalue weighted by atomic mass is 32.1. The zero-order valence-electron chi connectivity index (χ0n) is 15.5. The van der Waals surface area contributed by atoms with E-state index < -0.39 is 18.0 Å². The minimum atomic E-state index is -0.735. The molecule has 1 saturated heterocycles. The molecule has 2 aliphatic heterocycles. The molecule has 2 aliphatic rings. The Morgan fingerprint density at radius 2 is 1.97 bits per heavy atom. The zero-order chi connectivity index (χ0) is 20.4. The molecule has 0 bridgehead atoms. The van der Waals surface area contributed by atoms with Crippen molar-refractivity contribution in [3.63, 3.8) is 0 Å². The van der Waals surface area contributed by atoms with Crippen molar-refractivity contribution >= 4 is 45.6 Å². The van der Waals surface area contributed by atoms with Gasteiger partial charge in [-0.2, -0.15) is 5.10 Å². The molecular weight excluding hydrogens is 392 g/mol. The van der Waals surface area contributed by atoms with Gasteiger partial charge in [0.05, 0.1) is 5.69 Å². The maximum absolute atomic E-state index is 13.1. The Morgan fingerprint density at radius 1 is 1.17 bits per heavy atom. The number of hydrogen-bond acceptors (Lipinski definition) is 7. The lowest BCUT2D eigenvalue weighted by molar-refractivity contribution is -0.131. The number of thiazole rings is 1. The zero-order valence-corrected chi connectivity index (χ0v) is 16.3. The van der Waals surface area contributed by atoms with Crippen LogP contribution in [0.3, 0.4) is 0 Å². The Bertz CT molecular complexity index is 946. The van der Waals surface area contributed by atoms with Crippen LogP contribution in [-0.2, 0) is 14.4 Å². The van der Waals surface area contributed by atoms with Gasteiger partial charge in [-0.15, -0.1) is 11.3 Å². The number of nitrogens with one attached hydrogen (secondary N) is 1. The molecule has 0 saturated carbocycles. The molecule has 0 spiro atoms. The van der Waals surface area contributed by atoms with Gasteiger partial charge in [-0.25, -0.2) is 4.98 Å². The van der Waals surface area contributed by atoms with Crippen molar-refractivity contribution < 1.29 is 14.4 Å². The molecule has 0 aliphatic carbocycles. The molecule has 29 heavy (non-hydrogen) atoms. The molecule has 2 aromatic rings. The van der Waals surface area contributed by atoms with Crippen LogP contribution < -0.4 is 16.1 Å². The van der Waals surface area contributed by atoms with Crippen molar-refractivity contribution in [3.05, 3.63) is 41.9 Å². The summed E-state index contributed by atoms with van der Waals surface area (Å²) in [5.74, 6) is -1.16. The first-order valence-corrected chi connectivity index (χ1v) is 10.1. The number of carbonyl (C=O) groups is 3. The maximum atomic E-state index is 13.1. The number of benzene rings is 1. The number of hydrazone groups is 1. The van der Waals surface area contributed by atoms with Crippen molar-refractivity contribution in [2.45, 2.75) is 31.3 Å². The highest BCUT2D eigenvalue weighted by molar-refractivity contribution is 7.13. The number of hydrogen-bond donors (Lipinski definition) is 2. The molecule has 4 rings (SSSR count). The van der Waals surface area contributed by atoms with Crippen molar-refractivity contribution in [1.29, 1.82) is 0 Å². The van der Waals surface area contributed by atoms with E-state index in [2.05, 4.69) is 15.4 Å². The number of para-hydroxylation sites is 1. The van der Waals surface area contributed by atoms with Gasteiger partial charge in [0.2, 0.25) is 11.8 Å². The van der Waals surface area contributed by atoms with Crippen LogP contribution in [0.5, 0.6) is 0 Å². The first-order chi connectivity index (χ1) is 14.0. The number of carbonyl (C=O) groups excluding carboxylic acids is 3. The number of rotatable bonds is 5. The Hall–Kier alpha value is -3.27. The summed E-state index contributed by atoms with van der Waals surface area (Å²) in [6.07, 6.45) is 3.00. The van der Waals surface area contributed by atoms with E-state index in [4.69, 9.17) is 5.73 Å². The van der Waals surface area contributed by atoms with Crippen LogP contribution in [0.15, 0.2) is 47.0 Å². The number of primary amides is 1. The van der Waals surface area contributed by atoms with Gasteiger partial charge in [-0.1, -0.05) is 18.2 Å². The molecule has 1 fully saturated rings. The van der Waals surface area contributed by atoms with E-state index in [0.29, 0.717) is 23.8 Å². The average Bonchev–Trinajstić information content (AvgIpc) is 3.47. The molecule has 3 N–H and O–H groups in total. The van der Waals surface area contributed by atoms with E-state index in [0.717, 1.165) is 6.42 Å². The van der Waals surface area contributed by atoms with Gasteiger partial charge in [0.25, 0.3) is 5.91 Å². The first kappa shape index (κ1) is 19.1. The topological polar surface area (TPSA) is 121 Å². The molecule has 2 unspecified atom stereocenters. The number of nitrogens with zero attached hydrogens (tertiary/aromatic N) is 4. The lowest BCUT2D eigenvalue weighted by Gasteiger charge is -2.23. The Kier molecular flexibility index (Phi) is 5.26. The fraction of sp³-hybridized carbons (Fsp3) is 0.316. The third-order valence-corrected chi connectivity index (χ3v) is 5.67. The Morgan fingerprint density at radius 3 is 2.66 bits per heavy atom. The largest absolute Gasteiger partial charge is 0.368 e. The Labute approximate surface area is 171 Å². The molecule has 2 atom stereocenters. The van der Waals surface area contributed by atoms with Crippen molar-refractivity contribution in [2.24, 2.45) is 10.8 Å². The number of nitrogens with two attached hydrogens (primary N) is 1. The average molecular weight is 412 g/mol. The summed E-state index contributed by atoms with van der Waals surface area (Å²) < 4.78 is 0. The minimum absolute atomic E-state index is 0.111. The lowest BCUT2D eigenvalue weighted by atomic mass is 10.1. The number of anilines is 2. The maximum Gasteiger partial charge on any atom is 0.270 e. The van der Waals surface area contributed by atoms with Crippen LogP contribution in [0, 0.1) is 0 Å². The highest BCUT2D eigenvalue weighted by Crippen LogP contribution is 2.27. The van der Waals surface area contributed by atoms with E-state index in [-0.39, 0.29) is 23.9 Å². The van der Waals surface area contributed by atoms with Crippen molar-refractivity contribution in [3.8, 4) is 0 Å². The van der Waals surface area contributed by atoms with Gasteiger partial charge in [0.15, 0.2) is 5.13 Å². The molecule has 1 aromatic carbocycles. The number of aromatic nitrogens is 1. The summed E-state index contributed by atoms with van der Waals surface area (Å²) in [6.45, 7) is 0.459. The quantitative estimate of drug-likeness (QED) is 0.764. The molecule has 150 valence electrons. The monoisotopic (exact) mass is 412 g/mol. The molecule has 9 nitrogen and oxygen atoms in total. The molecular formula is C19H20N6O3S. The normalized spacial score (nSPS) is 21.2. The third-order valence-electron chi connectivity index (χ3n) is 4.99. The standard InChI is InChI=1S/C19H20N6O3S/c20-16(26)15-11-13(23-25(15)12-5-2-1-3-6-12)18(28)24-9-4-7-14(24)17(27)22-19-21-8-10-29-19/h1-3,5-6,8,10,14-15H,4,7,9,11H2,(H2,20,26)(H,21,22,27). The van der Waals surface area contributed by atoms with E-state index >= 15 is 0 Å². The fourth-order valence-corrected chi connectivity index (χ4v) is 4.13. The number of amides is 3. The summed E-state index contributed by atoms with van der Waals surface area (Å²) >= 11 is 1.32. The van der Waals surface area contributed by atoms with Gasteiger partial charge in [0.1, 0.15) is 17.8 Å². The first-order valence-electron chi connectivity index (χ1n) is 9.27.